The van der Waals surface area contributed by atoms with Crippen LogP contribution in [0.2, 0.25) is 0 Å². The minimum absolute atomic E-state index is 0.0144. The third-order valence-corrected chi connectivity index (χ3v) is 5.27. The van der Waals surface area contributed by atoms with Crippen LogP contribution in [0, 0.1) is 22.2 Å². The second kappa shape index (κ2) is 1.19. The molecule has 3 fully saturated rings. The van der Waals surface area contributed by atoms with E-state index in [4.69, 9.17) is 0 Å². The van der Waals surface area contributed by atoms with Crippen molar-refractivity contribution in [1.82, 2.24) is 0 Å². The Morgan fingerprint density at radius 2 is 1.91 bits per heavy atom. The monoisotopic (exact) mass is 152 g/mol. The van der Waals surface area contributed by atoms with Crippen molar-refractivity contribution >= 4 is 0 Å². The van der Waals surface area contributed by atoms with Gasteiger partial charge in [-0.05, 0) is 29.6 Å². The molecule has 1 N–H and O–H groups in total. The number of hydrogen-bond donors (Lipinski definition) is 1. The first-order chi connectivity index (χ1) is 4.97. The third-order valence-electron chi connectivity index (χ3n) is 5.27. The fourth-order valence-electron chi connectivity index (χ4n) is 4.38. The Morgan fingerprint density at radius 3 is 2.18 bits per heavy atom. The van der Waals surface area contributed by atoms with Crippen LogP contribution in [0.1, 0.15) is 33.6 Å². The summed E-state index contributed by atoms with van der Waals surface area (Å²) in [6, 6.07) is 0. The highest BCUT2D eigenvalue weighted by Gasteiger charge is 2.92. The zero-order valence-corrected chi connectivity index (χ0v) is 7.52. The van der Waals surface area contributed by atoms with Gasteiger partial charge in [0.05, 0.1) is 6.10 Å². The molecule has 4 atom stereocenters. The molecule has 3 rings (SSSR count). The molecule has 0 aliphatic heterocycles. The van der Waals surface area contributed by atoms with Crippen LogP contribution >= 0.6 is 0 Å². The molecule has 3 saturated carbocycles. The molecule has 0 aromatic rings. The lowest BCUT2D eigenvalue weighted by Gasteiger charge is -2.18. The lowest BCUT2D eigenvalue weighted by molar-refractivity contribution is 0.0879. The minimum Gasteiger partial charge on any atom is -0.393 e. The summed E-state index contributed by atoms with van der Waals surface area (Å²) in [5.41, 5.74) is 1.46. The number of hydrogen-bond acceptors (Lipinski definition) is 1. The summed E-state index contributed by atoms with van der Waals surface area (Å²) in [5, 5.41) is 9.73. The molecular weight excluding hydrogens is 136 g/mol. The van der Waals surface area contributed by atoms with E-state index in [1.807, 2.05) is 0 Å². The van der Waals surface area contributed by atoms with Gasteiger partial charge in [-0.25, -0.2) is 0 Å². The van der Waals surface area contributed by atoms with Gasteiger partial charge in [-0.2, -0.15) is 0 Å². The Bertz CT molecular complexity index is 245. The zero-order valence-electron chi connectivity index (χ0n) is 7.52. The summed E-state index contributed by atoms with van der Waals surface area (Å²) in [6.07, 6.45) is 2.38. The fraction of sp³-hybridized carbons (Fsp3) is 1.00. The molecule has 0 aromatic heterocycles. The fourth-order valence-corrected chi connectivity index (χ4v) is 4.38. The maximum Gasteiger partial charge on any atom is 0.0602 e. The van der Waals surface area contributed by atoms with E-state index in [-0.39, 0.29) is 6.10 Å². The van der Waals surface area contributed by atoms with Gasteiger partial charge in [-0.15, -0.1) is 0 Å². The Labute approximate surface area is 67.8 Å². The topological polar surface area (TPSA) is 20.2 Å². The van der Waals surface area contributed by atoms with Gasteiger partial charge in [0, 0.05) is 5.41 Å². The van der Waals surface area contributed by atoms with Gasteiger partial charge < -0.3 is 5.11 Å². The standard InChI is InChI=1S/C10H16O/c1-8(2)6-4-7(11)9(3)5-10(6,8)9/h6-7,11H,4-5H2,1-3H3. The van der Waals surface area contributed by atoms with E-state index < -0.39 is 0 Å². The van der Waals surface area contributed by atoms with Crippen molar-refractivity contribution in [3.05, 3.63) is 0 Å². The van der Waals surface area contributed by atoms with Crippen LogP contribution in [-0.2, 0) is 0 Å². The predicted molar refractivity (Wildman–Crippen MR) is 43.1 cm³/mol. The Morgan fingerprint density at radius 1 is 1.27 bits per heavy atom. The molecule has 4 unspecified atom stereocenters. The van der Waals surface area contributed by atoms with Gasteiger partial charge in [-0.3, -0.25) is 0 Å². The Kier molecular flexibility index (Phi) is 0.698. The van der Waals surface area contributed by atoms with E-state index in [1.54, 1.807) is 0 Å². The lowest BCUT2D eigenvalue weighted by atomic mass is 9.91. The van der Waals surface area contributed by atoms with Gasteiger partial charge in [0.15, 0.2) is 0 Å². The minimum atomic E-state index is 0.0144. The highest BCUT2D eigenvalue weighted by molar-refractivity contribution is 5.40. The molecule has 0 saturated heterocycles. The van der Waals surface area contributed by atoms with Crippen molar-refractivity contribution in [2.45, 2.75) is 39.7 Å². The van der Waals surface area contributed by atoms with Gasteiger partial charge in [0.25, 0.3) is 0 Å². The molecule has 0 aromatic carbocycles. The normalized spacial score (nSPS) is 68.7. The molecule has 0 bridgehead atoms. The van der Waals surface area contributed by atoms with E-state index in [0.717, 1.165) is 12.3 Å². The summed E-state index contributed by atoms with van der Waals surface area (Å²) in [7, 11) is 0. The highest BCUT2D eigenvalue weighted by atomic mass is 16.3. The smallest absolute Gasteiger partial charge is 0.0602 e. The maximum atomic E-state index is 9.73. The lowest BCUT2D eigenvalue weighted by Crippen LogP contribution is -2.20. The molecule has 1 nitrogen and oxygen atoms in total. The van der Waals surface area contributed by atoms with Crippen molar-refractivity contribution < 1.29 is 5.11 Å². The molecule has 0 amide bonds. The van der Waals surface area contributed by atoms with E-state index in [1.165, 1.54) is 6.42 Å². The predicted octanol–water partition coefficient (Wildman–Crippen LogP) is 1.80. The second-order valence-electron chi connectivity index (χ2n) is 5.59. The molecule has 3 aliphatic carbocycles. The zero-order chi connectivity index (χ0) is 8.07. The van der Waals surface area contributed by atoms with Gasteiger partial charge >= 0.3 is 0 Å². The molecule has 1 heteroatoms. The molecule has 0 heterocycles. The van der Waals surface area contributed by atoms with Crippen LogP contribution in [0.5, 0.6) is 0 Å². The average Bonchev–Trinajstić information content (AvgIpc) is 2.60. The summed E-state index contributed by atoms with van der Waals surface area (Å²) in [4.78, 5) is 0. The van der Waals surface area contributed by atoms with Gasteiger partial charge in [0.1, 0.15) is 0 Å². The second-order valence-corrected chi connectivity index (χ2v) is 5.59. The Hall–Kier alpha value is -0.0400. The van der Waals surface area contributed by atoms with Crippen LogP contribution in [0.25, 0.3) is 0 Å². The van der Waals surface area contributed by atoms with Gasteiger partial charge in [-0.1, -0.05) is 20.8 Å². The summed E-state index contributed by atoms with van der Waals surface area (Å²) < 4.78 is 0. The molecule has 0 radical (unpaired) electrons. The maximum absolute atomic E-state index is 9.73. The third kappa shape index (κ3) is 0.358. The van der Waals surface area contributed by atoms with Crippen molar-refractivity contribution in [1.29, 1.82) is 0 Å². The number of aliphatic hydroxyl groups is 1. The van der Waals surface area contributed by atoms with E-state index in [0.29, 0.717) is 16.2 Å². The summed E-state index contributed by atoms with van der Waals surface area (Å²) in [6.45, 7) is 7.01. The number of aliphatic hydroxyl groups excluding tert-OH is 1. The average molecular weight is 152 g/mol. The summed E-state index contributed by atoms with van der Waals surface area (Å²) in [5.74, 6) is 0.843. The molecule has 62 valence electrons. The quantitative estimate of drug-likeness (QED) is 0.561. The first-order valence-corrected chi connectivity index (χ1v) is 4.65. The van der Waals surface area contributed by atoms with E-state index in [2.05, 4.69) is 20.8 Å². The van der Waals surface area contributed by atoms with Crippen LogP contribution in [0.15, 0.2) is 0 Å². The van der Waals surface area contributed by atoms with Crippen molar-refractivity contribution in [3.63, 3.8) is 0 Å². The van der Waals surface area contributed by atoms with Gasteiger partial charge in [0.2, 0.25) is 0 Å². The molecular formula is C10H16O. The van der Waals surface area contributed by atoms with Crippen LogP contribution in [0.3, 0.4) is 0 Å². The van der Waals surface area contributed by atoms with E-state index in [9.17, 15) is 5.11 Å². The summed E-state index contributed by atoms with van der Waals surface area (Å²) >= 11 is 0. The van der Waals surface area contributed by atoms with Crippen LogP contribution < -0.4 is 0 Å². The van der Waals surface area contributed by atoms with Crippen molar-refractivity contribution in [2.75, 3.05) is 0 Å². The van der Waals surface area contributed by atoms with Crippen molar-refractivity contribution in [2.24, 2.45) is 22.2 Å². The highest BCUT2D eigenvalue weighted by Crippen LogP contribution is 2.96. The first-order valence-electron chi connectivity index (χ1n) is 4.65. The largest absolute Gasteiger partial charge is 0.393 e. The number of rotatable bonds is 0. The SMILES string of the molecule is CC1(C)C2CC(O)C3(C)CC213. The van der Waals surface area contributed by atoms with Crippen molar-refractivity contribution in [3.8, 4) is 0 Å². The molecule has 3 aliphatic rings. The molecule has 1 spiro atoms. The molecule has 11 heavy (non-hydrogen) atoms. The van der Waals surface area contributed by atoms with Crippen LogP contribution in [0.4, 0.5) is 0 Å². The van der Waals surface area contributed by atoms with E-state index >= 15 is 0 Å². The first kappa shape index (κ1) is 6.47. The Balaban J connectivity index is 2.05. The van der Waals surface area contributed by atoms with Crippen LogP contribution in [-0.4, -0.2) is 11.2 Å².